The Hall–Kier alpha value is -2.23. The number of halogens is 3. The fourth-order valence-electron chi connectivity index (χ4n) is 2.83. The van der Waals surface area contributed by atoms with Gasteiger partial charge in [-0.2, -0.15) is 0 Å². The molecule has 3 N–H and O–H groups in total. The second kappa shape index (κ2) is 10.1. The van der Waals surface area contributed by atoms with E-state index in [-0.39, 0.29) is 27.8 Å². The summed E-state index contributed by atoms with van der Waals surface area (Å²) >= 11 is 11.9. The summed E-state index contributed by atoms with van der Waals surface area (Å²) in [4.78, 5) is 20.9. The van der Waals surface area contributed by atoms with Crippen LogP contribution in [0.2, 0.25) is 5.02 Å². The fraction of sp³-hybridized carbons (Fsp3) is 0.381. The zero-order valence-electron chi connectivity index (χ0n) is 17.9. The molecule has 2 unspecified atom stereocenters. The molecule has 1 aliphatic rings. The number of amidine groups is 1. The van der Waals surface area contributed by atoms with Crippen LogP contribution in [-0.2, 0) is 14.6 Å². The van der Waals surface area contributed by atoms with Gasteiger partial charge in [-0.15, -0.1) is 18.2 Å². The number of aliphatic imine (C=N–C) groups is 2. The number of nitrogens with zero attached hydrogens (tertiary/aromatic N) is 2. The predicted molar refractivity (Wildman–Crippen MR) is 129 cm³/mol. The third-order valence-corrected chi connectivity index (χ3v) is 8.04. The summed E-state index contributed by atoms with van der Waals surface area (Å²) in [5.74, 6) is -1.99. The number of sulfone groups is 1. The average Bonchev–Trinajstić information content (AvgIpc) is 2.71. The van der Waals surface area contributed by atoms with Crippen molar-refractivity contribution in [1.29, 1.82) is 0 Å². The Morgan fingerprint density at radius 2 is 2.16 bits per heavy atom. The van der Waals surface area contributed by atoms with Crippen LogP contribution in [0.4, 0.5) is 10.1 Å². The number of amides is 1. The lowest BCUT2D eigenvalue weighted by molar-refractivity contribution is -0.112. The highest BCUT2D eigenvalue weighted by atomic mass is 35.5. The van der Waals surface area contributed by atoms with E-state index < -0.39 is 43.5 Å². The van der Waals surface area contributed by atoms with E-state index in [9.17, 15) is 17.6 Å². The van der Waals surface area contributed by atoms with E-state index >= 15 is 0 Å². The Morgan fingerprint density at radius 3 is 2.72 bits per heavy atom. The molecule has 2 atom stereocenters. The maximum Gasteiger partial charge on any atom is 0.273 e. The number of allylic oxidation sites excluding steroid dienone is 2. The molecule has 1 heterocycles. The van der Waals surface area contributed by atoms with Gasteiger partial charge in [0, 0.05) is 17.5 Å². The van der Waals surface area contributed by atoms with Gasteiger partial charge in [0.2, 0.25) is 0 Å². The third kappa shape index (κ3) is 5.57. The van der Waals surface area contributed by atoms with E-state index in [0.29, 0.717) is 6.42 Å². The van der Waals surface area contributed by atoms with Crippen LogP contribution in [0.1, 0.15) is 38.8 Å². The van der Waals surface area contributed by atoms with Gasteiger partial charge in [-0.1, -0.05) is 30.7 Å². The number of hydrogen-bond acceptors (Lipinski definition) is 6. The first-order valence-corrected chi connectivity index (χ1v) is 12.2. The highest BCUT2D eigenvalue weighted by Gasteiger charge is 2.44. The Kier molecular flexibility index (Phi) is 8.25. The van der Waals surface area contributed by atoms with Crippen LogP contribution in [0.3, 0.4) is 0 Å². The molecule has 0 radical (unpaired) electrons. The van der Waals surface area contributed by atoms with Crippen LogP contribution < -0.4 is 11.1 Å². The van der Waals surface area contributed by atoms with Gasteiger partial charge in [0.25, 0.3) is 5.91 Å². The molecule has 0 bridgehead atoms. The number of hydrogen-bond donors (Lipinski definition) is 2. The number of alkyl halides is 1. The normalized spacial score (nSPS) is 21.1. The molecule has 0 aromatic heterocycles. The van der Waals surface area contributed by atoms with Gasteiger partial charge >= 0.3 is 0 Å². The molecule has 0 saturated carbocycles. The van der Waals surface area contributed by atoms with Gasteiger partial charge in [0.15, 0.2) is 9.84 Å². The number of benzene rings is 1. The van der Waals surface area contributed by atoms with Crippen LogP contribution in [0.15, 0.2) is 46.5 Å². The predicted octanol–water partition coefficient (Wildman–Crippen LogP) is 4.18. The van der Waals surface area contributed by atoms with E-state index in [4.69, 9.17) is 28.9 Å². The lowest BCUT2D eigenvalue weighted by Gasteiger charge is -2.32. The Morgan fingerprint density at radius 1 is 1.50 bits per heavy atom. The Labute approximate surface area is 197 Å². The number of nitrogens with two attached hydrogens (primary N) is 1. The lowest BCUT2D eigenvalue weighted by atomic mass is 10.1. The van der Waals surface area contributed by atoms with E-state index in [1.807, 2.05) is 6.92 Å². The molecule has 11 heteroatoms. The molecule has 0 saturated heterocycles. The maximum atomic E-state index is 14.8. The topological polar surface area (TPSA) is 114 Å². The van der Waals surface area contributed by atoms with Crippen LogP contribution >= 0.6 is 23.2 Å². The number of rotatable bonds is 7. The molecule has 7 nitrogen and oxygen atoms in total. The van der Waals surface area contributed by atoms with Crippen molar-refractivity contribution in [2.45, 2.75) is 43.4 Å². The summed E-state index contributed by atoms with van der Waals surface area (Å²) in [6.07, 6.45) is 4.92. The van der Waals surface area contributed by atoms with Crippen LogP contribution in [0.25, 0.3) is 0 Å². The maximum absolute atomic E-state index is 14.8. The van der Waals surface area contributed by atoms with Gasteiger partial charge in [-0.3, -0.25) is 14.8 Å². The monoisotopic (exact) mass is 502 g/mol. The van der Waals surface area contributed by atoms with Crippen molar-refractivity contribution in [1.82, 2.24) is 0 Å². The second-order valence-electron chi connectivity index (χ2n) is 7.59. The summed E-state index contributed by atoms with van der Waals surface area (Å²) in [6, 6.07) is 1.40. The number of nitrogens with one attached hydrogen (secondary N) is 1. The fourth-order valence-corrected chi connectivity index (χ4v) is 4.57. The quantitative estimate of drug-likeness (QED) is 0.252. The van der Waals surface area contributed by atoms with Gasteiger partial charge in [0.05, 0.1) is 22.2 Å². The first kappa shape index (κ1) is 26.0. The van der Waals surface area contributed by atoms with E-state index in [2.05, 4.69) is 21.9 Å². The van der Waals surface area contributed by atoms with Crippen molar-refractivity contribution in [2.24, 2.45) is 15.7 Å². The Bertz CT molecular complexity index is 1110. The number of carbonyl (C=O) groups is 1. The molecule has 32 heavy (non-hydrogen) atoms. The minimum absolute atomic E-state index is 0.0891. The highest BCUT2D eigenvalue weighted by molar-refractivity contribution is 7.93. The average molecular weight is 503 g/mol. The smallest absolute Gasteiger partial charge is 0.273 e. The molecule has 1 aliphatic heterocycles. The minimum Gasteiger partial charge on any atom is -0.386 e. The van der Waals surface area contributed by atoms with Gasteiger partial charge in [-0.05, 0) is 32.4 Å². The summed E-state index contributed by atoms with van der Waals surface area (Å²) < 4.78 is 38.7. The summed E-state index contributed by atoms with van der Waals surface area (Å²) in [5, 5.41) is 1.73. The molecular weight excluding hydrogens is 478 g/mol. The first-order valence-electron chi connectivity index (χ1n) is 9.71. The number of carbonyl (C=O) groups excluding carboxylic acids is 1. The van der Waals surface area contributed by atoms with Gasteiger partial charge < -0.3 is 11.1 Å². The molecule has 0 spiro atoms. The van der Waals surface area contributed by atoms with E-state index in [1.165, 1.54) is 38.3 Å². The van der Waals surface area contributed by atoms with Crippen LogP contribution in [0, 0.1) is 5.82 Å². The van der Waals surface area contributed by atoms with E-state index in [0.717, 1.165) is 0 Å². The van der Waals surface area contributed by atoms with E-state index in [1.54, 1.807) is 6.08 Å². The third-order valence-electron chi connectivity index (χ3n) is 4.95. The minimum atomic E-state index is -3.71. The molecule has 1 aromatic rings. The van der Waals surface area contributed by atoms with Crippen molar-refractivity contribution in [3.05, 3.63) is 53.0 Å². The van der Waals surface area contributed by atoms with Crippen molar-refractivity contribution >= 4 is 56.7 Å². The molecule has 174 valence electrons. The number of anilines is 1. The largest absolute Gasteiger partial charge is 0.386 e. The van der Waals surface area contributed by atoms with Crippen LogP contribution in [0.5, 0.6) is 0 Å². The molecule has 0 fully saturated rings. The summed E-state index contributed by atoms with van der Waals surface area (Å²) in [5.41, 5.74) is 6.02. The van der Waals surface area contributed by atoms with Crippen molar-refractivity contribution < 1.29 is 17.6 Å². The molecular formula is C21H25Cl2FN4O3S. The lowest BCUT2D eigenvalue weighted by Crippen LogP contribution is -2.50. The van der Waals surface area contributed by atoms with Crippen molar-refractivity contribution in [2.75, 3.05) is 11.1 Å². The van der Waals surface area contributed by atoms with Gasteiger partial charge in [0.1, 0.15) is 22.1 Å². The first-order chi connectivity index (χ1) is 14.8. The van der Waals surface area contributed by atoms with Crippen molar-refractivity contribution in [3.63, 3.8) is 0 Å². The molecule has 1 amide bonds. The zero-order chi connectivity index (χ0) is 24.3. The second-order valence-corrected chi connectivity index (χ2v) is 11.1. The molecule has 0 aliphatic carbocycles. The van der Waals surface area contributed by atoms with Crippen molar-refractivity contribution in [3.8, 4) is 0 Å². The molecule has 2 rings (SSSR count). The van der Waals surface area contributed by atoms with Gasteiger partial charge in [-0.25, -0.2) is 12.8 Å². The standard InChI is InChI=1S/C21H25Cl2FN4O3S/c1-5-7-16(26-10-12(22)6-2)19(29)27-13-8-14(18(24)15(23)9-13)17-11-32(30,31)21(3,4)20(25)28-17/h6-10,12,17H,2,5,11H2,1,3-4H3,(H2,25,28)(H,27,29)/b16-7-,26-10?. The molecule has 1 aromatic carbocycles. The SMILES string of the molecule is C=CC(Cl)C=N/C(=C\CC)C(=O)Nc1cc(Cl)c(F)c(C2CS(=O)(=O)C(C)(C)C(N)=N2)c1. The summed E-state index contributed by atoms with van der Waals surface area (Å²) in [6.45, 7) is 8.25. The zero-order valence-corrected chi connectivity index (χ0v) is 20.2. The highest BCUT2D eigenvalue weighted by Crippen LogP contribution is 2.36. The van der Waals surface area contributed by atoms with Crippen LogP contribution in [-0.4, -0.2) is 42.3 Å². The summed E-state index contributed by atoms with van der Waals surface area (Å²) in [7, 11) is -3.71. The Balaban J connectivity index is 2.42.